The zero-order chi connectivity index (χ0) is 15.5. The molecule has 0 heterocycles. The van der Waals surface area contributed by atoms with Crippen molar-refractivity contribution in [1.82, 2.24) is 0 Å². The van der Waals surface area contributed by atoms with Gasteiger partial charge < -0.3 is 5.11 Å². The molecule has 4 aliphatic rings. The first-order chi connectivity index (χ1) is 10.5. The molecule has 0 amide bonds. The second-order valence-corrected chi connectivity index (χ2v) is 8.90. The van der Waals surface area contributed by atoms with E-state index < -0.39 is 0 Å². The summed E-state index contributed by atoms with van der Waals surface area (Å²) in [6.45, 7) is 4.79. The Bertz CT molecular complexity index is 516. The second kappa shape index (κ2) is 4.90. The van der Waals surface area contributed by atoms with E-state index in [1.165, 1.54) is 24.8 Å². The Balaban J connectivity index is 1.67. The van der Waals surface area contributed by atoms with E-state index >= 15 is 0 Å². The molecule has 0 aromatic carbocycles. The normalized spacial score (nSPS) is 54.0. The quantitative estimate of drug-likeness (QED) is 0.575. The molecule has 122 valence electrons. The van der Waals surface area contributed by atoms with Gasteiger partial charge in [0.2, 0.25) is 0 Å². The number of nitrogens with zero attached hydrogens (tertiary/aromatic N) is 1. The minimum absolute atomic E-state index is 0.0461. The minimum Gasteiger partial charge on any atom is -0.393 e. The van der Waals surface area contributed by atoms with Gasteiger partial charge in [-0.2, -0.15) is 4.91 Å². The SMILES string of the molecule is C[C@]12CCC(O)CC1=CC[C@@H]1[C@H]2CC[C@]2(C)C(N=O)CC[C@@H]12. The number of nitroso groups, excluding NO2 is 1. The van der Waals surface area contributed by atoms with Crippen LogP contribution < -0.4 is 0 Å². The molecule has 0 aromatic heterocycles. The summed E-state index contributed by atoms with van der Waals surface area (Å²) in [5.41, 5.74) is 1.98. The largest absolute Gasteiger partial charge is 0.393 e. The van der Waals surface area contributed by atoms with Crippen LogP contribution in [-0.4, -0.2) is 17.3 Å². The summed E-state index contributed by atoms with van der Waals surface area (Å²) in [5.74, 6) is 2.16. The number of allylic oxidation sites excluding steroid dienone is 1. The Labute approximate surface area is 133 Å². The first kappa shape index (κ1) is 14.9. The van der Waals surface area contributed by atoms with Crippen LogP contribution in [0, 0.1) is 33.5 Å². The zero-order valence-electron chi connectivity index (χ0n) is 13.9. The molecule has 0 radical (unpaired) electrons. The average Bonchev–Trinajstić information content (AvgIpc) is 2.84. The molecular formula is C19H29NO2. The van der Waals surface area contributed by atoms with Crippen molar-refractivity contribution in [3.63, 3.8) is 0 Å². The minimum atomic E-state index is -0.125. The summed E-state index contributed by atoms with van der Waals surface area (Å²) in [5, 5.41) is 13.5. The Morgan fingerprint density at radius 1 is 1.14 bits per heavy atom. The monoisotopic (exact) mass is 303 g/mol. The van der Waals surface area contributed by atoms with Gasteiger partial charge in [0.05, 0.1) is 12.1 Å². The fourth-order valence-electron chi connectivity index (χ4n) is 6.79. The molecule has 0 saturated heterocycles. The lowest BCUT2D eigenvalue weighted by Gasteiger charge is -2.57. The van der Waals surface area contributed by atoms with E-state index in [1.54, 1.807) is 0 Å². The topological polar surface area (TPSA) is 49.7 Å². The molecule has 2 unspecified atom stereocenters. The molecular weight excluding hydrogens is 274 g/mol. The van der Waals surface area contributed by atoms with Crippen molar-refractivity contribution >= 4 is 0 Å². The maximum atomic E-state index is 11.3. The van der Waals surface area contributed by atoms with Crippen molar-refractivity contribution in [3.8, 4) is 0 Å². The van der Waals surface area contributed by atoms with Crippen molar-refractivity contribution in [2.75, 3.05) is 0 Å². The van der Waals surface area contributed by atoms with Gasteiger partial charge in [0.25, 0.3) is 0 Å². The molecule has 3 nitrogen and oxygen atoms in total. The van der Waals surface area contributed by atoms with Gasteiger partial charge in [-0.3, -0.25) is 0 Å². The van der Waals surface area contributed by atoms with Gasteiger partial charge in [-0.1, -0.05) is 30.7 Å². The third kappa shape index (κ3) is 1.84. The van der Waals surface area contributed by atoms with E-state index in [0.717, 1.165) is 43.9 Å². The predicted octanol–water partition coefficient (Wildman–Crippen LogP) is 4.45. The van der Waals surface area contributed by atoms with Crippen LogP contribution in [0.1, 0.15) is 65.2 Å². The maximum Gasteiger partial charge on any atom is 0.0975 e. The average molecular weight is 303 g/mol. The van der Waals surface area contributed by atoms with Crippen LogP contribution in [-0.2, 0) is 0 Å². The number of fused-ring (bicyclic) bond motifs is 5. The summed E-state index contributed by atoms with van der Waals surface area (Å²) >= 11 is 0. The summed E-state index contributed by atoms with van der Waals surface area (Å²) in [6.07, 6.45) is 11.1. The van der Waals surface area contributed by atoms with Gasteiger partial charge in [0.15, 0.2) is 0 Å². The molecule has 4 aliphatic carbocycles. The lowest BCUT2D eigenvalue weighted by Crippen LogP contribution is -2.50. The van der Waals surface area contributed by atoms with E-state index in [0.29, 0.717) is 11.3 Å². The van der Waals surface area contributed by atoms with Gasteiger partial charge in [-0.15, -0.1) is 0 Å². The Morgan fingerprint density at radius 3 is 2.73 bits per heavy atom. The zero-order valence-corrected chi connectivity index (χ0v) is 13.9. The molecule has 0 aliphatic heterocycles. The van der Waals surface area contributed by atoms with Crippen molar-refractivity contribution < 1.29 is 5.11 Å². The van der Waals surface area contributed by atoms with Gasteiger partial charge >= 0.3 is 0 Å². The van der Waals surface area contributed by atoms with Crippen LogP contribution in [0.2, 0.25) is 0 Å². The van der Waals surface area contributed by atoms with Crippen LogP contribution in [0.3, 0.4) is 0 Å². The van der Waals surface area contributed by atoms with E-state index in [4.69, 9.17) is 0 Å². The molecule has 0 aromatic rings. The standard InChI is InChI=1S/C19H29NO2/c1-18-9-7-13(21)11-12(18)3-4-14-15-5-6-17(20-22)19(15,2)10-8-16(14)18/h3,13-17,21H,4-11H2,1-2H3/t13?,14-,15-,16+,17?,18-,19-/m0/s1. The van der Waals surface area contributed by atoms with Crippen LogP contribution in [0.5, 0.6) is 0 Å². The molecule has 0 bridgehead atoms. The molecule has 7 atom stereocenters. The lowest BCUT2D eigenvalue weighted by molar-refractivity contribution is -0.0400. The molecule has 22 heavy (non-hydrogen) atoms. The van der Waals surface area contributed by atoms with Crippen LogP contribution in [0.25, 0.3) is 0 Å². The van der Waals surface area contributed by atoms with Gasteiger partial charge in [0.1, 0.15) is 0 Å². The summed E-state index contributed by atoms with van der Waals surface area (Å²) in [6, 6.07) is 0.0461. The highest BCUT2D eigenvalue weighted by atomic mass is 16.3. The molecule has 3 fully saturated rings. The highest BCUT2D eigenvalue weighted by Gasteiger charge is 2.59. The first-order valence-electron chi connectivity index (χ1n) is 9.19. The summed E-state index contributed by atoms with van der Waals surface area (Å²) in [4.78, 5) is 11.3. The van der Waals surface area contributed by atoms with Crippen LogP contribution >= 0.6 is 0 Å². The highest BCUT2D eigenvalue weighted by molar-refractivity contribution is 5.25. The Morgan fingerprint density at radius 2 is 1.95 bits per heavy atom. The summed E-state index contributed by atoms with van der Waals surface area (Å²) < 4.78 is 0. The number of hydrogen-bond acceptors (Lipinski definition) is 3. The Hall–Kier alpha value is -0.700. The number of hydrogen-bond donors (Lipinski definition) is 1. The number of aliphatic hydroxyl groups is 1. The highest BCUT2D eigenvalue weighted by Crippen LogP contribution is 2.65. The van der Waals surface area contributed by atoms with E-state index in [2.05, 4.69) is 25.1 Å². The molecule has 3 heteroatoms. The van der Waals surface area contributed by atoms with Gasteiger partial charge in [0, 0.05) is 0 Å². The van der Waals surface area contributed by atoms with Gasteiger partial charge in [-0.25, -0.2) is 0 Å². The van der Waals surface area contributed by atoms with Crippen molar-refractivity contribution in [2.24, 2.45) is 33.8 Å². The maximum absolute atomic E-state index is 11.3. The van der Waals surface area contributed by atoms with E-state index in [1.807, 2.05) is 0 Å². The smallest absolute Gasteiger partial charge is 0.0975 e. The fourth-order valence-corrected chi connectivity index (χ4v) is 6.79. The Kier molecular flexibility index (Phi) is 3.31. The fraction of sp³-hybridized carbons (Fsp3) is 0.895. The molecule has 0 spiro atoms. The predicted molar refractivity (Wildman–Crippen MR) is 87.3 cm³/mol. The van der Waals surface area contributed by atoms with E-state index in [-0.39, 0.29) is 17.6 Å². The molecule has 1 N–H and O–H groups in total. The second-order valence-electron chi connectivity index (χ2n) is 8.90. The van der Waals surface area contributed by atoms with Gasteiger partial charge in [-0.05, 0) is 80.0 Å². The van der Waals surface area contributed by atoms with Crippen molar-refractivity contribution in [3.05, 3.63) is 16.6 Å². The van der Waals surface area contributed by atoms with Crippen LogP contribution in [0.15, 0.2) is 16.8 Å². The van der Waals surface area contributed by atoms with Crippen molar-refractivity contribution in [1.29, 1.82) is 0 Å². The number of rotatable bonds is 1. The third-order valence-corrected chi connectivity index (χ3v) is 8.16. The molecule has 3 saturated carbocycles. The molecule has 4 rings (SSSR count). The lowest BCUT2D eigenvalue weighted by atomic mass is 9.48. The van der Waals surface area contributed by atoms with Crippen molar-refractivity contribution in [2.45, 2.75) is 77.4 Å². The van der Waals surface area contributed by atoms with E-state index in [9.17, 15) is 10.0 Å². The summed E-state index contributed by atoms with van der Waals surface area (Å²) in [7, 11) is 0. The van der Waals surface area contributed by atoms with Crippen LogP contribution in [0.4, 0.5) is 0 Å². The first-order valence-corrected chi connectivity index (χ1v) is 9.19. The number of aliphatic hydroxyl groups excluding tert-OH is 1. The third-order valence-electron chi connectivity index (χ3n) is 8.16.